The molecule has 0 spiro atoms. The summed E-state index contributed by atoms with van der Waals surface area (Å²) in [7, 11) is 0. The molecule has 0 radical (unpaired) electrons. The maximum absolute atomic E-state index is 4.60. The number of aryl methyl sites for hydroxylation is 1. The Bertz CT molecular complexity index is 280. The van der Waals surface area contributed by atoms with E-state index in [4.69, 9.17) is 0 Å². The first kappa shape index (κ1) is 8.20. The summed E-state index contributed by atoms with van der Waals surface area (Å²) in [5.74, 6) is 0. The summed E-state index contributed by atoms with van der Waals surface area (Å²) in [5, 5.41) is 4.73. The fourth-order valence-corrected chi connectivity index (χ4v) is 2.50. The molecule has 0 aliphatic carbocycles. The Morgan fingerprint density at radius 3 is 3.25 bits per heavy atom. The molecule has 1 aliphatic rings. The van der Waals surface area contributed by atoms with E-state index in [2.05, 4.69) is 24.1 Å². The summed E-state index contributed by atoms with van der Waals surface area (Å²) in [5.41, 5.74) is 1.34. The lowest BCUT2D eigenvalue weighted by molar-refractivity contribution is 0.512. The van der Waals surface area contributed by atoms with Crippen LogP contribution >= 0.6 is 11.3 Å². The fraction of sp³-hybridized carbons (Fsp3) is 0.667. The van der Waals surface area contributed by atoms with Gasteiger partial charge in [-0.2, -0.15) is 0 Å². The number of hydrogen-bond acceptors (Lipinski definition) is 3. The molecule has 2 heterocycles. The average molecular weight is 182 g/mol. The van der Waals surface area contributed by atoms with Gasteiger partial charge >= 0.3 is 0 Å². The fourth-order valence-electron chi connectivity index (χ4n) is 1.51. The van der Waals surface area contributed by atoms with Gasteiger partial charge in [-0.3, -0.25) is 0 Å². The van der Waals surface area contributed by atoms with E-state index in [9.17, 15) is 0 Å². The highest BCUT2D eigenvalue weighted by atomic mass is 32.1. The lowest BCUT2D eigenvalue weighted by Crippen LogP contribution is -2.32. The Hall–Kier alpha value is -0.410. The topological polar surface area (TPSA) is 24.9 Å². The van der Waals surface area contributed by atoms with Gasteiger partial charge in [-0.25, -0.2) is 4.98 Å². The molecule has 12 heavy (non-hydrogen) atoms. The highest BCUT2D eigenvalue weighted by Crippen LogP contribution is 2.23. The van der Waals surface area contributed by atoms with E-state index >= 15 is 0 Å². The van der Waals surface area contributed by atoms with Gasteiger partial charge in [0.05, 0.1) is 10.7 Å². The van der Waals surface area contributed by atoms with Gasteiger partial charge < -0.3 is 5.32 Å². The third-order valence-corrected chi connectivity index (χ3v) is 3.48. The molecule has 0 fully saturated rings. The van der Waals surface area contributed by atoms with Crippen molar-refractivity contribution in [1.29, 1.82) is 0 Å². The van der Waals surface area contributed by atoms with Gasteiger partial charge in [0, 0.05) is 23.9 Å². The second kappa shape index (κ2) is 3.15. The Morgan fingerprint density at radius 2 is 2.50 bits per heavy atom. The lowest BCUT2D eigenvalue weighted by atomic mass is 10.1. The largest absolute Gasteiger partial charge is 0.309 e. The van der Waals surface area contributed by atoms with E-state index in [1.54, 1.807) is 0 Å². The Kier molecular flexibility index (Phi) is 2.15. The van der Waals surface area contributed by atoms with E-state index in [0.717, 1.165) is 19.4 Å². The molecule has 3 heteroatoms. The average Bonchev–Trinajstić information content (AvgIpc) is 2.46. The van der Waals surface area contributed by atoms with Crippen molar-refractivity contribution in [1.82, 2.24) is 10.3 Å². The molecule has 1 N–H and O–H groups in total. The normalized spacial score (nSPS) is 22.3. The number of rotatable bonds is 1. The number of fused-ring (bicyclic) bond motifs is 1. The third-order valence-electron chi connectivity index (χ3n) is 2.24. The van der Waals surface area contributed by atoms with Crippen LogP contribution in [0.3, 0.4) is 0 Å². The molecule has 0 aromatic carbocycles. The van der Waals surface area contributed by atoms with Crippen molar-refractivity contribution in [2.24, 2.45) is 0 Å². The molecule has 0 saturated heterocycles. The van der Waals surface area contributed by atoms with Crippen molar-refractivity contribution < 1.29 is 0 Å². The van der Waals surface area contributed by atoms with Crippen LogP contribution in [0.2, 0.25) is 0 Å². The molecule has 0 unspecified atom stereocenters. The van der Waals surface area contributed by atoms with E-state index in [0.29, 0.717) is 6.04 Å². The molecular formula is C9H14N2S. The second-order valence-corrected chi connectivity index (χ2v) is 4.49. The summed E-state index contributed by atoms with van der Waals surface area (Å²) in [6.07, 6.45) is 2.18. The standard InChI is InChI=1S/C9H14N2S/c1-3-9-11-7-4-6(2)10-5-8(7)12-9/h6,10H,3-5H2,1-2H3/t6-/m1/s1. The van der Waals surface area contributed by atoms with Crippen LogP contribution in [-0.4, -0.2) is 11.0 Å². The number of aromatic nitrogens is 1. The first-order valence-electron chi connectivity index (χ1n) is 4.50. The Labute approximate surface area is 77.0 Å². The van der Waals surface area contributed by atoms with Crippen molar-refractivity contribution in [2.45, 2.75) is 39.3 Å². The van der Waals surface area contributed by atoms with Crippen molar-refractivity contribution in [3.8, 4) is 0 Å². The molecule has 1 atom stereocenters. The van der Waals surface area contributed by atoms with E-state index in [1.165, 1.54) is 15.6 Å². The van der Waals surface area contributed by atoms with Crippen LogP contribution in [0.25, 0.3) is 0 Å². The molecule has 0 amide bonds. The second-order valence-electron chi connectivity index (χ2n) is 3.32. The first-order chi connectivity index (χ1) is 5.79. The quantitative estimate of drug-likeness (QED) is 0.715. The monoisotopic (exact) mass is 182 g/mol. The Balaban J connectivity index is 2.28. The van der Waals surface area contributed by atoms with Crippen molar-refractivity contribution in [3.63, 3.8) is 0 Å². The minimum Gasteiger partial charge on any atom is -0.309 e. The summed E-state index contributed by atoms with van der Waals surface area (Å²) in [6, 6.07) is 0.601. The maximum atomic E-state index is 4.60. The SMILES string of the molecule is CCc1nc2c(s1)CN[C@H](C)C2. The lowest BCUT2D eigenvalue weighted by Gasteiger charge is -2.18. The van der Waals surface area contributed by atoms with Crippen LogP contribution in [0.5, 0.6) is 0 Å². The zero-order chi connectivity index (χ0) is 8.55. The molecule has 2 rings (SSSR count). The number of nitrogens with one attached hydrogen (secondary N) is 1. The summed E-state index contributed by atoms with van der Waals surface area (Å²) in [6.45, 7) is 5.41. The summed E-state index contributed by atoms with van der Waals surface area (Å²) in [4.78, 5) is 6.05. The molecular weight excluding hydrogens is 168 g/mol. The smallest absolute Gasteiger partial charge is 0.0928 e. The molecule has 0 bridgehead atoms. The van der Waals surface area contributed by atoms with Crippen LogP contribution in [0.15, 0.2) is 0 Å². The van der Waals surface area contributed by atoms with E-state index in [-0.39, 0.29) is 0 Å². The molecule has 1 aromatic heterocycles. The zero-order valence-electron chi connectivity index (χ0n) is 7.55. The molecule has 66 valence electrons. The molecule has 1 aliphatic heterocycles. The molecule has 1 aromatic rings. The minimum atomic E-state index is 0.601. The van der Waals surface area contributed by atoms with Crippen LogP contribution in [0.1, 0.15) is 29.4 Å². The van der Waals surface area contributed by atoms with E-state index < -0.39 is 0 Å². The highest BCUT2D eigenvalue weighted by Gasteiger charge is 2.18. The van der Waals surface area contributed by atoms with E-state index in [1.807, 2.05) is 11.3 Å². The van der Waals surface area contributed by atoms with Crippen molar-refractivity contribution in [3.05, 3.63) is 15.6 Å². The van der Waals surface area contributed by atoms with Gasteiger partial charge in [-0.15, -0.1) is 11.3 Å². The number of nitrogens with zero attached hydrogens (tertiary/aromatic N) is 1. The van der Waals surface area contributed by atoms with Gasteiger partial charge in [-0.05, 0) is 13.3 Å². The zero-order valence-corrected chi connectivity index (χ0v) is 8.37. The van der Waals surface area contributed by atoms with Crippen LogP contribution in [0, 0.1) is 0 Å². The van der Waals surface area contributed by atoms with Gasteiger partial charge in [0.1, 0.15) is 0 Å². The summed E-state index contributed by atoms with van der Waals surface area (Å²) >= 11 is 1.86. The minimum absolute atomic E-state index is 0.601. The third kappa shape index (κ3) is 1.39. The Morgan fingerprint density at radius 1 is 1.67 bits per heavy atom. The van der Waals surface area contributed by atoms with Gasteiger partial charge in [0.15, 0.2) is 0 Å². The predicted molar refractivity (Wildman–Crippen MR) is 51.5 cm³/mol. The van der Waals surface area contributed by atoms with Gasteiger partial charge in [0.2, 0.25) is 0 Å². The first-order valence-corrected chi connectivity index (χ1v) is 5.32. The highest BCUT2D eigenvalue weighted by molar-refractivity contribution is 7.11. The number of thiazole rings is 1. The summed E-state index contributed by atoms with van der Waals surface area (Å²) < 4.78 is 0. The van der Waals surface area contributed by atoms with Gasteiger partial charge in [-0.1, -0.05) is 6.92 Å². The van der Waals surface area contributed by atoms with Gasteiger partial charge in [0.25, 0.3) is 0 Å². The predicted octanol–water partition coefficient (Wildman–Crippen LogP) is 1.74. The van der Waals surface area contributed by atoms with Crippen LogP contribution in [-0.2, 0) is 19.4 Å². The van der Waals surface area contributed by atoms with Crippen molar-refractivity contribution in [2.75, 3.05) is 0 Å². The van der Waals surface area contributed by atoms with Crippen molar-refractivity contribution >= 4 is 11.3 Å². The molecule has 0 saturated carbocycles. The maximum Gasteiger partial charge on any atom is 0.0928 e. The number of hydrogen-bond donors (Lipinski definition) is 1. The molecule has 2 nitrogen and oxygen atoms in total. The van der Waals surface area contributed by atoms with Crippen LogP contribution < -0.4 is 5.32 Å². The van der Waals surface area contributed by atoms with Crippen LogP contribution in [0.4, 0.5) is 0 Å².